The van der Waals surface area contributed by atoms with E-state index in [1.165, 1.54) is 17.4 Å². The van der Waals surface area contributed by atoms with Crippen molar-refractivity contribution in [3.8, 4) is 10.6 Å². The average molecular weight is 306 g/mol. The SMILES string of the molecule is O=c1[nH]c(Nc2ccc(F)cc2F)nnc1-c1cccs1. The van der Waals surface area contributed by atoms with Crippen LogP contribution >= 0.6 is 11.3 Å². The Balaban J connectivity index is 1.91. The number of nitrogens with zero attached hydrogens (tertiary/aromatic N) is 2. The summed E-state index contributed by atoms with van der Waals surface area (Å²) >= 11 is 1.36. The first-order valence-electron chi connectivity index (χ1n) is 5.86. The van der Waals surface area contributed by atoms with Gasteiger partial charge in [-0.25, -0.2) is 8.78 Å². The van der Waals surface area contributed by atoms with E-state index in [-0.39, 0.29) is 17.3 Å². The van der Waals surface area contributed by atoms with Crippen molar-refractivity contribution in [3.63, 3.8) is 0 Å². The number of H-pyrrole nitrogens is 1. The zero-order chi connectivity index (χ0) is 14.8. The summed E-state index contributed by atoms with van der Waals surface area (Å²) in [5, 5.41) is 12.0. The molecule has 2 heterocycles. The molecule has 21 heavy (non-hydrogen) atoms. The Morgan fingerprint density at radius 2 is 2.05 bits per heavy atom. The van der Waals surface area contributed by atoms with Crippen LogP contribution in [0.15, 0.2) is 40.5 Å². The predicted molar refractivity (Wildman–Crippen MR) is 75.6 cm³/mol. The second-order valence-corrected chi connectivity index (χ2v) is 5.03. The molecule has 0 saturated carbocycles. The number of nitrogens with one attached hydrogen (secondary N) is 2. The van der Waals surface area contributed by atoms with Gasteiger partial charge in [0.15, 0.2) is 5.69 Å². The van der Waals surface area contributed by atoms with Crippen LogP contribution in [-0.4, -0.2) is 15.2 Å². The molecular weight excluding hydrogens is 298 g/mol. The van der Waals surface area contributed by atoms with Crippen LogP contribution in [0.5, 0.6) is 0 Å². The number of aromatic nitrogens is 3. The lowest BCUT2D eigenvalue weighted by atomic mass is 10.3. The van der Waals surface area contributed by atoms with Crippen LogP contribution in [0, 0.1) is 11.6 Å². The molecule has 0 bridgehead atoms. The molecule has 106 valence electrons. The van der Waals surface area contributed by atoms with E-state index in [2.05, 4.69) is 20.5 Å². The van der Waals surface area contributed by atoms with E-state index in [0.29, 0.717) is 4.88 Å². The van der Waals surface area contributed by atoms with E-state index in [4.69, 9.17) is 0 Å². The molecule has 0 unspecified atom stereocenters. The van der Waals surface area contributed by atoms with Gasteiger partial charge in [-0.3, -0.25) is 9.78 Å². The van der Waals surface area contributed by atoms with Gasteiger partial charge in [0, 0.05) is 6.07 Å². The van der Waals surface area contributed by atoms with Crippen LogP contribution in [-0.2, 0) is 0 Å². The van der Waals surface area contributed by atoms with E-state index in [9.17, 15) is 13.6 Å². The van der Waals surface area contributed by atoms with Gasteiger partial charge in [0.1, 0.15) is 11.6 Å². The van der Waals surface area contributed by atoms with Gasteiger partial charge in [0.05, 0.1) is 10.6 Å². The number of benzene rings is 1. The summed E-state index contributed by atoms with van der Waals surface area (Å²) in [4.78, 5) is 15.1. The summed E-state index contributed by atoms with van der Waals surface area (Å²) in [6, 6.07) is 6.57. The fourth-order valence-electron chi connectivity index (χ4n) is 1.69. The lowest BCUT2D eigenvalue weighted by Gasteiger charge is -2.06. The molecule has 0 aliphatic heterocycles. The van der Waals surface area contributed by atoms with Crippen molar-refractivity contribution in [1.29, 1.82) is 0 Å². The Morgan fingerprint density at radius 3 is 2.71 bits per heavy atom. The lowest BCUT2D eigenvalue weighted by Crippen LogP contribution is -2.15. The van der Waals surface area contributed by atoms with Crippen LogP contribution in [0.1, 0.15) is 0 Å². The minimum Gasteiger partial charge on any atom is -0.322 e. The van der Waals surface area contributed by atoms with Crippen molar-refractivity contribution < 1.29 is 8.78 Å². The maximum absolute atomic E-state index is 13.5. The van der Waals surface area contributed by atoms with E-state index in [0.717, 1.165) is 12.1 Å². The van der Waals surface area contributed by atoms with Crippen LogP contribution in [0.2, 0.25) is 0 Å². The van der Waals surface area contributed by atoms with Crippen molar-refractivity contribution in [2.45, 2.75) is 0 Å². The first-order valence-corrected chi connectivity index (χ1v) is 6.74. The smallest absolute Gasteiger partial charge is 0.280 e. The molecule has 0 aliphatic carbocycles. The molecule has 0 radical (unpaired) electrons. The van der Waals surface area contributed by atoms with Gasteiger partial charge in [-0.05, 0) is 23.6 Å². The zero-order valence-electron chi connectivity index (χ0n) is 10.4. The van der Waals surface area contributed by atoms with Gasteiger partial charge in [-0.15, -0.1) is 21.5 Å². The molecule has 0 aliphatic rings. The molecule has 3 aromatic rings. The fraction of sp³-hybridized carbons (Fsp3) is 0. The Hall–Kier alpha value is -2.61. The Labute approximate surface area is 121 Å². The summed E-state index contributed by atoms with van der Waals surface area (Å²) in [5.41, 5.74) is -0.266. The van der Waals surface area contributed by atoms with Crippen molar-refractivity contribution in [2.75, 3.05) is 5.32 Å². The summed E-state index contributed by atoms with van der Waals surface area (Å²) in [7, 11) is 0. The van der Waals surface area contributed by atoms with Crippen molar-refractivity contribution >= 4 is 23.0 Å². The highest BCUT2D eigenvalue weighted by Crippen LogP contribution is 2.20. The number of anilines is 2. The molecule has 0 spiro atoms. The Bertz CT molecular complexity index is 832. The van der Waals surface area contributed by atoms with E-state index >= 15 is 0 Å². The number of aromatic amines is 1. The molecule has 8 heteroatoms. The molecule has 2 N–H and O–H groups in total. The Morgan fingerprint density at radius 1 is 1.19 bits per heavy atom. The second-order valence-electron chi connectivity index (χ2n) is 4.08. The van der Waals surface area contributed by atoms with Gasteiger partial charge in [0.2, 0.25) is 5.95 Å². The third-order valence-electron chi connectivity index (χ3n) is 2.64. The molecule has 0 saturated heterocycles. The third-order valence-corrected chi connectivity index (χ3v) is 3.51. The highest BCUT2D eigenvalue weighted by molar-refractivity contribution is 7.13. The molecule has 0 fully saturated rings. The maximum Gasteiger partial charge on any atom is 0.280 e. The number of halogens is 2. The Kier molecular flexibility index (Phi) is 3.44. The normalized spacial score (nSPS) is 10.6. The van der Waals surface area contributed by atoms with Crippen LogP contribution in [0.25, 0.3) is 10.6 Å². The molecular formula is C13H8F2N4OS. The first kappa shape index (κ1) is 13.4. The predicted octanol–water partition coefficient (Wildman–Crippen LogP) is 2.92. The van der Waals surface area contributed by atoms with Gasteiger partial charge in [-0.1, -0.05) is 6.07 Å². The summed E-state index contributed by atoms with van der Waals surface area (Å²) in [6.07, 6.45) is 0. The average Bonchev–Trinajstić information content (AvgIpc) is 2.96. The topological polar surface area (TPSA) is 70.7 Å². The molecule has 2 aromatic heterocycles. The summed E-state index contributed by atoms with van der Waals surface area (Å²) in [5.74, 6) is -1.50. The van der Waals surface area contributed by atoms with Crippen molar-refractivity contribution in [1.82, 2.24) is 15.2 Å². The number of hydrogen-bond acceptors (Lipinski definition) is 5. The monoisotopic (exact) mass is 306 g/mol. The molecule has 0 amide bonds. The van der Waals surface area contributed by atoms with E-state index in [1.807, 2.05) is 5.38 Å². The summed E-state index contributed by atoms with van der Waals surface area (Å²) in [6.45, 7) is 0. The summed E-state index contributed by atoms with van der Waals surface area (Å²) < 4.78 is 26.3. The second kappa shape index (κ2) is 5.41. The molecule has 0 atom stereocenters. The minimum absolute atomic E-state index is 0.00905. The van der Waals surface area contributed by atoms with Crippen LogP contribution in [0.3, 0.4) is 0 Å². The lowest BCUT2D eigenvalue weighted by molar-refractivity contribution is 0.586. The minimum atomic E-state index is -0.792. The molecule has 1 aromatic carbocycles. The standard InChI is InChI=1S/C13H8F2N4OS/c14-7-3-4-9(8(15)6-7)16-13-17-12(20)11(18-19-13)10-2-1-5-21-10/h1-6H,(H2,16,17,19,20). The van der Waals surface area contributed by atoms with Gasteiger partial charge < -0.3 is 5.32 Å². The fourth-order valence-corrected chi connectivity index (χ4v) is 2.39. The van der Waals surface area contributed by atoms with Crippen LogP contribution in [0.4, 0.5) is 20.4 Å². The van der Waals surface area contributed by atoms with Crippen LogP contribution < -0.4 is 10.9 Å². The third kappa shape index (κ3) is 2.79. The van der Waals surface area contributed by atoms with Crippen molar-refractivity contribution in [3.05, 3.63) is 57.7 Å². The zero-order valence-corrected chi connectivity index (χ0v) is 11.2. The van der Waals surface area contributed by atoms with E-state index < -0.39 is 17.2 Å². The molecule has 3 rings (SSSR count). The number of hydrogen-bond donors (Lipinski definition) is 2. The number of rotatable bonds is 3. The van der Waals surface area contributed by atoms with Crippen molar-refractivity contribution in [2.24, 2.45) is 0 Å². The van der Waals surface area contributed by atoms with E-state index in [1.54, 1.807) is 12.1 Å². The quantitative estimate of drug-likeness (QED) is 0.780. The highest BCUT2D eigenvalue weighted by atomic mass is 32.1. The van der Waals surface area contributed by atoms with Gasteiger partial charge in [0.25, 0.3) is 5.56 Å². The molecule has 5 nitrogen and oxygen atoms in total. The number of thiophene rings is 1. The largest absolute Gasteiger partial charge is 0.322 e. The van der Waals surface area contributed by atoms with Gasteiger partial charge in [-0.2, -0.15) is 0 Å². The highest BCUT2D eigenvalue weighted by Gasteiger charge is 2.10. The maximum atomic E-state index is 13.5. The van der Waals surface area contributed by atoms with Gasteiger partial charge >= 0.3 is 0 Å². The first-order chi connectivity index (χ1) is 10.1.